The van der Waals surface area contributed by atoms with E-state index in [4.69, 9.17) is 11.6 Å². The predicted octanol–water partition coefficient (Wildman–Crippen LogP) is 4.63. The maximum absolute atomic E-state index is 13.4. The van der Waals surface area contributed by atoms with Gasteiger partial charge in [-0.3, -0.25) is 9.78 Å². The van der Waals surface area contributed by atoms with Crippen molar-refractivity contribution in [2.24, 2.45) is 0 Å². The molecule has 0 radical (unpaired) electrons. The minimum absolute atomic E-state index is 0.0818. The molecule has 2 aromatic heterocycles. The fourth-order valence-corrected chi connectivity index (χ4v) is 5.34. The smallest absolute Gasteiger partial charge is 0.264 e. The summed E-state index contributed by atoms with van der Waals surface area (Å²) >= 11 is 6.23. The van der Waals surface area contributed by atoms with E-state index in [9.17, 15) is 18.3 Å². The summed E-state index contributed by atoms with van der Waals surface area (Å²) in [6, 6.07) is 18.5. The van der Waals surface area contributed by atoms with Crippen LogP contribution in [0.15, 0.2) is 77.8 Å². The Morgan fingerprint density at radius 3 is 2.44 bits per heavy atom. The lowest BCUT2D eigenvalue weighted by Crippen LogP contribution is -2.32. The molecular weight excluding hydrogens is 538 g/mol. The van der Waals surface area contributed by atoms with Crippen LogP contribution >= 0.6 is 11.6 Å². The molecule has 39 heavy (non-hydrogen) atoms. The van der Waals surface area contributed by atoms with Crippen molar-refractivity contribution in [1.29, 1.82) is 0 Å². The summed E-state index contributed by atoms with van der Waals surface area (Å²) in [7, 11) is -4.16. The highest BCUT2D eigenvalue weighted by atomic mass is 35.5. The van der Waals surface area contributed by atoms with Gasteiger partial charge in [0.2, 0.25) is 5.95 Å². The minimum atomic E-state index is -4.16. The van der Waals surface area contributed by atoms with E-state index in [2.05, 4.69) is 19.7 Å². The quantitative estimate of drug-likeness (QED) is 0.268. The summed E-state index contributed by atoms with van der Waals surface area (Å²) in [5.74, 6) is -0.570. The van der Waals surface area contributed by atoms with Gasteiger partial charge >= 0.3 is 0 Å². The molecule has 4 aromatic rings. The maximum Gasteiger partial charge on any atom is 0.264 e. The summed E-state index contributed by atoms with van der Waals surface area (Å²) in [5, 5.41) is 9.39. The first-order chi connectivity index (χ1) is 18.7. The van der Waals surface area contributed by atoms with Crippen molar-refractivity contribution >= 4 is 33.5 Å². The standard InChI is InChI=1S/C28H28ClN5O4S/c1-19-8-5-9-20(2)26(19)24-17-25(29)32-28(31-24)33-39(37,38)23-12-6-10-21(16-23)27(36)34(14-7-15-35)18-22-11-3-4-13-30-22/h3-6,8-13,16-17,35H,7,14-15,18H2,1-2H3,(H,31,32,33). The van der Waals surface area contributed by atoms with Gasteiger partial charge in [-0.1, -0.05) is 41.9 Å². The summed E-state index contributed by atoms with van der Waals surface area (Å²) in [6.07, 6.45) is 2.00. The number of aryl methyl sites for hydroxylation is 2. The molecule has 0 atom stereocenters. The zero-order valence-electron chi connectivity index (χ0n) is 21.5. The van der Waals surface area contributed by atoms with Gasteiger partial charge in [-0.05, 0) is 61.7 Å². The van der Waals surface area contributed by atoms with Crippen molar-refractivity contribution < 1.29 is 18.3 Å². The Labute approximate surface area is 232 Å². The molecule has 1 amide bonds. The first kappa shape index (κ1) is 28.2. The number of halogens is 1. The summed E-state index contributed by atoms with van der Waals surface area (Å²) in [6.45, 7) is 4.27. The van der Waals surface area contributed by atoms with Gasteiger partial charge in [0.15, 0.2) is 0 Å². The van der Waals surface area contributed by atoms with Gasteiger partial charge in [0.05, 0.1) is 22.8 Å². The van der Waals surface area contributed by atoms with Gasteiger partial charge in [-0.15, -0.1) is 0 Å². The molecule has 2 aromatic carbocycles. The predicted molar refractivity (Wildman–Crippen MR) is 150 cm³/mol. The Morgan fingerprint density at radius 2 is 1.74 bits per heavy atom. The number of aromatic nitrogens is 3. The third-order valence-electron chi connectivity index (χ3n) is 6.00. The number of hydrogen-bond donors (Lipinski definition) is 2. The minimum Gasteiger partial charge on any atom is -0.396 e. The number of pyridine rings is 1. The Balaban J connectivity index is 1.61. The zero-order valence-corrected chi connectivity index (χ0v) is 23.1. The first-order valence-electron chi connectivity index (χ1n) is 12.2. The van der Waals surface area contributed by atoms with Crippen molar-refractivity contribution in [2.45, 2.75) is 31.7 Å². The van der Waals surface area contributed by atoms with E-state index in [1.807, 2.05) is 38.1 Å². The van der Waals surface area contributed by atoms with Crippen LogP contribution in [-0.2, 0) is 16.6 Å². The van der Waals surface area contributed by atoms with E-state index in [0.717, 1.165) is 16.7 Å². The second kappa shape index (κ2) is 12.3. The Bertz CT molecular complexity index is 1560. The average Bonchev–Trinajstić information content (AvgIpc) is 2.90. The number of sulfonamides is 1. The Hall–Kier alpha value is -3.86. The Kier molecular flexibility index (Phi) is 8.90. The molecule has 2 N–H and O–H groups in total. The fraction of sp³-hybridized carbons (Fsp3) is 0.214. The number of carbonyl (C=O) groups is 1. The SMILES string of the molecule is Cc1cccc(C)c1-c1cc(Cl)nc(NS(=O)(=O)c2cccc(C(=O)N(CCCO)Cc3ccccn3)c2)n1. The highest BCUT2D eigenvalue weighted by molar-refractivity contribution is 7.92. The molecule has 4 rings (SSSR count). The van der Waals surface area contributed by atoms with E-state index in [1.54, 1.807) is 30.5 Å². The molecule has 0 fully saturated rings. The third kappa shape index (κ3) is 6.97. The van der Waals surface area contributed by atoms with Crippen LogP contribution in [0.25, 0.3) is 11.3 Å². The maximum atomic E-state index is 13.4. The summed E-state index contributed by atoms with van der Waals surface area (Å²) in [5.41, 5.74) is 4.09. The van der Waals surface area contributed by atoms with E-state index in [0.29, 0.717) is 17.8 Å². The normalized spacial score (nSPS) is 11.3. The van der Waals surface area contributed by atoms with Gasteiger partial charge in [-0.25, -0.2) is 23.1 Å². The molecular formula is C28H28ClN5O4S. The number of nitrogens with zero attached hydrogens (tertiary/aromatic N) is 4. The lowest BCUT2D eigenvalue weighted by Gasteiger charge is -2.22. The highest BCUT2D eigenvalue weighted by Gasteiger charge is 2.22. The van der Waals surface area contributed by atoms with Crippen LogP contribution in [0.4, 0.5) is 5.95 Å². The summed E-state index contributed by atoms with van der Waals surface area (Å²) < 4.78 is 29.0. The zero-order chi connectivity index (χ0) is 28.0. The molecule has 0 saturated carbocycles. The van der Waals surface area contributed by atoms with Crippen LogP contribution < -0.4 is 4.72 Å². The average molecular weight is 566 g/mol. The molecule has 0 saturated heterocycles. The van der Waals surface area contributed by atoms with Crippen molar-refractivity contribution in [3.05, 3.63) is 100 Å². The second-order valence-corrected chi connectivity index (χ2v) is 11.0. The number of aliphatic hydroxyl groups excluding tert-OH is 1. The van der Waals surface area contributed by atoms with Gasteiger partial charge in [0.25, 0.3) is 15.9 Å². The molecule has 0 bridgehead atoms. The van der Waals surface area contributed by atoms with E-state index in [1.165, 1.54) is 23.1 Å². The molecule has 0 spiro atoms. The van der Waals surface area contributed by atoms with Crippen LogP contribution in [0, 0.1) is 13.8 Å². The van der Waals surface area contributed by atoms with Gasteiger partial charge < -0.3 is 10.0 Å². The first-order valence-corrected chi connectivity index (χ1v) is 14.1. The van der Waals surface area contributed by atoms with Gasteiger partial charge in [-0.2, -0.15) is 0 Å². The van der Waals surface area contributed by atoms with Crippen molar-refractivity contribution in [2.75, 3.05) is 17.9 Å². The van der Waals surface area contributed by atoms with Crippen LogP contribution in [0.3, 0.4) is 0 Å². The Morgan fingerprint density at radius 1 is 1.00 bits per heavy atom. The van der Waals surface area contributed by atoms with Crippen molar-refractivity contribution in [1.82, 2.24) is 19.9 Å². The summed E-state index contributed by atoms with van der Waals surface area (Å²) in [4.78, 5) is 27.5. The van der Waals surface area contributed by atoms with Crippen LogP contribution in [0.2, 0.25) is 5.15 Å². The van der Waals surface area contributed by atoms with Crippen molar-refractivity contribution in [3.63, 3.8) is 0 Å². The van der Waals surface area contributed by atoms with Crippen LogP contribution in [0.1, 0.15) is 33.6 Å². The highest BCUT2D eigenvalue weighted by Crippen LogP contribution is 2.28. The number of hydrogen-bond acceptors (Lipinski definition) is 7. The molecule has 11 heteroatoms. The number of aliphatic hydroxyl groups is 1. The molecule has 9 nitrogen and oxygen atoms in total. The number of rotatable bonds is 10. The number of benzene rings is 2. The monoisotopic (exact) mass is 565 g/mol. The fourth-order valence-electron chi connectivity index (χ4n) is 4.17. The molecule has 202 valence electrons. The lowest BCUT2D eigenvalue weighted by molar-refractivity contribution is 0.0729. The van der Waals surface area contributed by atoms with Crippen molar-refractivity contribution in [3.8, 4) is 11.3 Å². The number of carbonyl (C=O) groups excluding carboxylic acids is 1. The number of anilines is 1. The van der Waals surface area contributed by atoms with E-state index >= 15 is 0 Å². The third-order valence-corrected chi connectivity index (χ3v) is 7.52. The lowest BCUT2D eigenvalue weighted by atomic mass is 10.00. The second-order valence-electron chi connectivity index (χ2n) is 8.92. The molecule has 2 heterocycles. The van der Waals surface area contributed by atoms with E-state index in [-0.39, 0.29) is 47.2 Å². The van der Waals surface area contributed by atoms with Crippen LogP contribution in [0.5, 0.6) is 0 Å². The molecule has 0 aliphatic carbocycles. The molecule has 0 aliphatic rings. The number of amides is 1. The number of nitrogens with one attached hydrogen (secondary N) is 1. The van der Waals surface area contributed by atoms with Gasteiger partial charge in [0.1, 0.15) is 5.15 Å². The molecule has 0 aliphatic heterocycles. The van der Waals surface area contributed by atoms with E-state index < -0.39 is 10.0 Å². The molecule has 0 unspecified atom stereocenters. The topological polar surface area (TPSA) is 125 Å². The van der Waals surface area contributed by atoms with Gasteiger partial charge in [0, 0.05) is 36.5 Å². The van der Waals surface area contributed by atoms with Crippen LogP contribution in [-0.4, -0.2) is 52.4 Å². The largest absolute Gasteiger partial charge is 0.396 e.